The first-order chi connectivity index (χ1) is 9.08. The summed E-state index contributed by atoms with van der Waals surface area (Å²) in [5.74, 6) is 0.261. The Bertz CT molecular complexity index is 498. The summed E-state index contributed by atoms with van der Waals surface area (Å²) in [6.45, 7) is 2.38. The highest BCUT2D eigenvalue weighted by Crippen LogP contribution is 2.26. The van der Waals surface area contributed by atoms with Crippen molar-refractivity contribution in [2.75, 3.05) is 13.2 Å². The summed E-state index contributed by atoms with van der Waals surface area (Å²) in [7, 11) is 0. The van der Waals surface area contributed by atoms with E-state index < -0.39 is 0 Å². The van der Waals surface area contributed by atoms with Crippen LogP contribution >= 0.6 is 11.6 Å². The summed E-state index contributed by atoms with van der Waals surface area (Å²) < 4.78 is 10.4. The van der Waals surface area contributed by atoms with Crippen LogP contribution in [0.25, 0.3) is 0 Å². The van der Waals surface area contributed by atoms with Gasteiger partial charge in [0.25, 0.3) is 0 Å². The SMILES string of the molecule is CC(=O)c1ccc(OCC[C@H]2CCOC2=O)c(Cl)c1. The van der Waals surface area contributed by atoms with Gasteiger partial charge in [0, 0.05) is 5.56 Å². The summed E-state index contributed by atoms with van der Waals surface area (Å²) in [4.78, 5) is 22.4. The fourth-order valence-corrected chi connectivity index (χ4v) is 2.18. The maximum Gasteiger partial charge on any atom is 0.309 e. The van der Waals surface area contributed by atoms with Crippen LogP contribution in [-0.2, 0) is 9.53 Å². The lowest BCUT2D eigenvalue weighted by Gasteiger charge is -2.10. The van der Waals surface area contributed by atoms with E-state index in [2.05, 4.69) is 0 Å². The van der Waals surface area contributed by atoms with Gasteiger partial charge in [-0.3, -0.25) is 9.59 Å². The standard InChI is InChI=1S/C14H15ClO4/c1-9(16)11-2-3-13(12(15)8-11)18-6-4-10-5-7-19-14(10)17/h2-3,8,10H,4-7H2,1H3/t10-/m0/s1. The van der Waals surface area contributed by atoms with E-state index in [9.17, 15) is 9.59 Å². The molecule has 2 rings (SSSR count). The van der Waals surface area contributed by atoms with Crippen LogP contribution in [0.15, 0.2) is 18.2 Å². The van der Waals surface area contributed by atoms with E-state index in [-0.39, 0.29) is 17.7 Å². The number of esters is 1. The fourth-order valence-electron chi connectivity index (χ4n) is 1.95. The number of carbonyl (C=O) groups excluding carboxylic acids is 2. The molecule has 0 amide bonds. The van der Waals surface area contributed by atoms with Gasteiger partial charge in [0.2, 0.25) is 0 Å². The molecule has 1 aliphatic rings. The zero-order valence-corrected chi connectivity index (χ0v) is 11.4. The second kappa shape index (κ2) is 6.06. The Morgan fingerprint density at radius 3 is 2.89 bits per heavy atom. The Balaban J connectivity index is 1.89. The molecule has 5 heteroatoms. The summed E-state index contributed by atoms with van der Waals surface area (Å²) in [5, 5.41) is 0.404. The Labute approximate surface area is 116 Å². The molecule has 1 fully saturated rings. The van der Waals surface area contributed by atoms with Gasteiger partial charge in [0.15, 0.2) is 5.78 Å². The first-order valence-corrected chi connectivity index (χ1v) is 6.55. The van der Waals surface area contributed by atoms with Gasteiger partial charge in [-0.25, -0.2) is 0 Å². The van der Waals surface area contributed by atoms with Gasteiger partial charge in [0.05, 0.1) is 24.2 Å². The number of hydrogen-bond donors (Lipinski definition) is 0. The molecule has 102 valence electrons. The number of carbonyl (C=O) groups is 2. The van der Waals surface area contributed by atoms with Crippen LogP contribution in [0.5, 0.6) is 5.75 Å². The number of cyclic esters (lactones) is 1. The van der Waals surface area contributed by atoms with Crippen molar-refractivity contribution in [1.29, 1.82) is 0 Å². The lowest BCUT2D eigenvalue weighted by molar-refractivity contribution is -0.141. The highest BCUT2D eigenvalue weighted by atomic mass is 35.5. The smallest absolute Gasteiger partial charge is 0.309 e. The number of ketones is 1. The molecular formula is C14H15ClO4. The van der Waals surface area contributed by atoms with E-state index in [4.69, 9.17) is 21.1 Å². The lowest BCUT2D eigenvalue weighted by Crippen LogP contribution is -2.12. The van der Waals surface area contributed by atoms with Crippen LogP contribution < -0.4 is 4.74 Å². The second-order valence-electron chi connectivity index (χ2n) is 4.49. The Kier molecular flexibility index (Phi) is 4.43. The average Bonchev–Trinajstić information content (AvgIpc) is 2.77. The van der Waals surface area contributed by atoms with Crippen molar-refractivity contribution >= 4 is 23.4 Å². The highest BCUT2D eigenvalue weighted by molar-refractivity contribution is 6.32. The van der Waals surface area contributed by atoms with Crippen LogP contribution in [0.3, 0.4) is 0 Å². The third-order valence-electron chi connectivity index (χ3n) is 3.11. The maximum atomic E-state index is 11.3. The minimum Gasteiger partial charge on any atom is -0.492 e. The Hall–Kier alpha value is -1.55. The van der Waals surface area contributed by atoms with E-state index in [0.29, 0.717) is 36.0 Å². The second-order valence-corrected chi connectivity index (χ2v) is 4.90. The molecule has 4 nitrogen and oxygen atoms in total. The van der Waals surface area contributed by atoms with Gasteiger partial charge in [0.1, 0.15) is 5.75 Å². The van der Waals surface area contributed by atoms with Gasteiger partial charge in [-0.15, -0.1) is 0 Å². The molecule has 1 aliphatic heterocycles. The van der Waals surface area contributed by atoms with Crippen molar-refractivity contribution < 1.29 is 19.1 Å². The number of hydrogen-bond acceptors (Lipinski definition) is 4. The lowest BCUT2D eigenvalue weighted by atomic mass is 10.1. The predicted octanol–water partition coefficient (Wildman–Crippen LogP) is 2.87. The fraction of sp³-hybridized carbons (Fsp3) is 0.429. The molecule has 0 saturated carbocycles. The zero-order chi connectivity index (χ0) is 13.8. The minimum absolute atomic E-state index is 0.0397. The first kappa shape index (κ1) is 13.9. The molecule has 0 aliphatic carbocycles. The number of halogens is 1. The quantitative estimate of drug-likeness (QED) is 0.615. The number of ether oxygens (including phenoxy) is 2. The van der Waals surface area contributed by atoms with Crippen LogP contribution in [-0.4, -0.2) is 25.0 Å². The van der Waals surface area contributed by atoms with Crippen molar-refractivity contribution in [3.05, 3.63) is 28.8 Å². The van der Waals surface area contributed by atoms with Crippen LogP contribution in [0.4, 0.5) is 0 Å². The van der Waals surface area contributed by atoms with Crippen LogP contribution in [0.1, 0.15) is 30.1 Å². The van der Waals surface area contributed by atoms with Crippen LogP contribution in [0, 0.1) is 5.92 Å². The molecule has 1 aromatic rings. The molecule has 1 saturated heterocycles. The maximum absolute atomic E-state index is 11.3. The predicted molar refractivity (Wildman–Crippen MR) is 70.6 cm³/mol. The first-order valence-electron chi connectivity index (χ1n) is 6.18. The summed E-state index contributed by atoms with van der Waals surface area (Å²) in [6.07, 6.45) is 1.36. The summed E-state index contributed by atoms with van der Waals surface area (Å²) in [5.41, 5.74) is 0.553. The van der Waals surface area contributed by atoms with E-state index >= 15 is 0 Å². The van der Waals surface area contributed by atoms with Crippen molar-refractivity contribution in [3.8, 4) is 5.75 Å². The molecule has 1 heterocycles. The number of rotatable bonds is 5. The van der Waals surface area contributed by atoms with Crippen LogP contribution in [0.2, 0.25) is 5.02 Å². The monoisotopic (exact) mass is 282 g/mol. The largest absolute Gasteiger partial charge is 0.492 e. The van der Waals surface area contributed by atoms with Crippen molar-refractivity contribution in [3.63, 3.8) is 0 Å². The zero-order valence-electron chi connectivity index (χ0n) is 10.6. The van der Waals surface area contributed by atoms with E-state index in [1.807, 2.05) is 0 Å². The molecule has 1 aromatic carbocycles. The molecule has 0 bridgehead atoms. The van der Waals surface area contributed by atoms with Gasteiger partial charge >= 0.3 is 5.97 Å². The molecule has 0 N–H and O–H groups in total. The molecule has 0 spiro atoms. The molecule has 0 aromatic heterocycles. The number of Topliss-reactive ketones (excluding diaryl/α,β-unsaturated/α-hetero) is 1. The van der Waals surface area contributed by atoms with E-state index in [1.165, 1.54) is 6.92 Å². The van der Waals surface area contributed by atoms with Crippen molar-refractivity contribution in [2.45, 2.75) is 19.8 Å². The van der Waals surface area contributed by atoms with Crippen molar-refractivity contribution in [1.82, 2.24) is 0 Å². The third kappa shape index (κ3) is 3.47. The van der Waals surface area contributed by atoms with Gasteiger partial charge in [-0.1, -0.05) is 11.6 Å². The van der Waals surface area contributed by atoms with Gasteiger partial charge in [-0.2, -0.15) is 0 Å². The molecule has 1 atom stereocenters. The van der Waals surface area contributed by atoms with Crippen molar-refractivity contribution in [2.24, 2.45) is 5.92 Å². The third-order valence-corrected chi connectivity index (χ3v) is 3.40. The topological polar surface area (TPSA) is 52.6 Å². The Morgan fingerprint density at radius 1 is 1.53 bits per heavy atom. The average molecular weight is 283 g/mol. The molecule has 0 unspecified atom stereocenters. The normalized spacial score (nSPS) is 18.2. The number of benzene rings is 1. The molecular weight excluding hydrogens is 268 g/mol. The van der Waals surface area contributed by atoms with Gasteiger partial charge in [-0.05, 0) is 38.0 Å². The Morgan fingerprint density at radius 2 is 2.32 bits per heavy atom. The summed E-state index contributed by atoms with van der Waals surface area (Å²) >= 11 is 6.03. The van der Waals surface area contributed by atoms with E-state index in [1.54, 1.807) is 18.2 Å². The van der Waals surface area contributed by atoms with E-state index in [0.717, 1.165) is 6.42 Å². The molecule has 19 heavy (non-hydrogen) atoms. The van der Waals surface area contributed by atoms with Gasteiger partial charge < -0.3 is 9.47 Å². The molecule has 0 radical (unpaired) electrons. The minimum atomic E-state index is -0.151. The summed E-state index contributed by atoms with van der Waals surface area (Å²) in [6, 6.07) is 4.93. The highest BCUT2D eigenvalue weighted by Gasteiger charge is 2.26.